The Morgan fingerprint density at radius 2 is 1.88 bits per heavy atom. The first-order chi connectivity index (χ1) is 12.4. The number of hydrogen-bond acceptors (Lipinski definition) is 5. The van der Waals surface area contributed by atoms with Crippen molar-refractivity contribution in [2.75, 3.05) is 32.1 Å². The summed E-state index contributed by atoms with van der Waals surface area (Å²) in [7, 11) is 3.96. The number of amides is 1. The smallest absolute Gasteiger partial charge is 0.262 e. The van der Waals surface area contributed by atoms with E-state index in [9.17, 15) is 15.2 Å². The molecule has 2 aromatic carbocycles. The van der Waals surface area contributed by atoms with Crippen LogP contribution in [0.3, 0.4) is 0 Å². The zero-order valence-electron chi connectivity index (χ0n) is 15.2. The van der Waals surface area contributed by atoms with E-state index in [-0.39, 0.29) is 12.1 Å². The van der Waals surface area contributed by atoms with Crippen molar-refractivity contribution in [3.05, 3.63) is 47.5 Å². The van der Waals surface area contributed by atoms with Gasteiger partial charge in [0.15, 0.2) is 0 Å². The van der Waals surface area contributed by atoms with Crippen LogP contribution in [0, 0.1) is 11.3 Å². The summed E-state index contributed by atoms with van der Waals surface area (Å²) in [5, 5.41) is 32.1. The van der Waals surface area contributed by atoms with E-state index in [2.05, 4.69) is 11.4 Å². The van der Waals surface area contributed by atoms with Crippen LogP contribution in [0.4, 0.5) is 5.69 Å². The lowest BCUT2D eigenvalue weighted by molar-refractivity contribution is -0.117. The lowest BCUT2D eigenvalue weighted by Crippen LogP contribution is -2.34. The molecule has 0 aliphatic carbocycles. The van der Waals surface area contributed by atoms with Gasteiger partial charge in [-0.1, -0.05) is 18.2 Å². The second-order valence-corrected chi connectivity index (χ2v) is 6.30. The van der Waals surface area contributed by atoms with E-state index in [4.69, 9.17) is 5.11 Å². The summed E-state index contributed by atoms with van der Waals surface area (Å²) in [6.45, 7) is 1.15. The van der Waals surface area contributed by atoms with Crippen LogP contribution in [0.5, 0.6) is 0 Å². The molecule has 6 heteroatoms. The Kier molecular flexibility index (Phi) is 6.34. The predicted octanol–water partition coefficient (Wildman–Crippen LogP) is 1.67. The quantitative estimate of drug-likeness (QED) is 0.542. The Hall–Kier alpha value is -2.88. The number of aliphatic hydroxyl groups excluding tert-OH is 2. The summed E-state index contributed by atoms with van der Waals surface area (Å²) in [5.74, 6) is -0.569. The number of rotatable bonds is 6. The number of hydrogen-bond donors (Lipinski definition) is 3. The molecule has 0 saturated heterocycles. The van der Waals surface area contributed by atoms with E-state index < -0.39 is 18.6 Å². The molecule has 3 N–H and O–H groups in total. The van der Waals surface area contributed by atoms with E-state index in [1.807, 2.05) is 55.4 Å². The van der Waals surface area contributed by atoms with E-state index in [0.717, 1.165) is 22.0 Å². The van der Waals surface area contributed by atoms with Crippen molar-refractivity contribution in [1.82, 2.24) is 5.32 Å². The first-order valence-electron chi connectivity index (χ1n) is 8.27. The molecule has 6 nitrogen and oxygen atoms in total. The van der Waals surface area contributed by atoms with Crippen LogP contribution in [0.25, 0.3) is 16.3 Å². The number of allylic oxidation sites excluding steroid dienone is 1. The third-order valence-corrected chi connectivity index (χ3v) is 4.20. The Morgan fingerprint density at radius 3 is 2.50 bits per heavy atom. The fourth-order valence-electron chi connectivity index (χ4n) is 2.56. The minimum absolute atomic E-state index is 0.0144. The second kappa shape index (κ2) is 8.48. The summed E-state index contributed by atoms with van der Waals surface area (Å²) in [6, 6.07) is 13.8. The Bertz CT molecular complexity index is 881. The van der Waals surface area contributed by atoms with E-state index in [0.29, 0.717) is 5.57 Å². The molecule has 0 aliphatic rings. The molecule has 1 atom stereocenters. The second-order valence-electron chi connectivity index (χ2n) is 6.30. The molecule has 2 aromatic rings. The van der Waals surface area contributed by atoms with Gasteiger partial charge in [0.2, 0.25) is 0 Å². The van der Waals surface area contributed by atoms with Crippen molar-refractivity contribution in [2.24, 2.45) is 0 Å². The number of anilines is 1. The number of carbonyl (C=O) groups is 1. The van der Waals surface area contributed by atoms with E-state index >= 15 is 0 Å². The van der Waals surface area contributed by atoms with Gasteiger partial charge in [-0.15, -0.1) is 0 Å². The van der Waals surface area contributed by atoms with Crippen LogP contribution in [0.15, 0.2) is 42.0 Å². The standard InChI is InChI=1S/C20H23N3O3/c1-13(19(10-21)20(26)22-11-18(25)12-24)14-4-5-16-9-17(23(2)3)7-6-15(16)8-14/h4-9,18,24-25H,11-12H2,1-3H3,(H,22,26). The van der Waals surface area contributed by atoms with Crippen molar-refractivity contribution >= 4 is 27.9 Å². The van der Waals surface area contributed by atoms with Crippen LogP contribution in [0.2, 0.25) is 0 Å². The first-order valence-corrected chi connectivity index (χ1v) is 8.27. The molecule has 0 heterocycles. The molecule has 1 unspecified atom stereocenters. The molecule has 0 aliphatic heterocycles. The minimum atomic E-state index is -1.05. The zero-order valence-corrected chi connectivity index (χ0v) is 15.2. The van der Waals surface area contributed by atoms with Gasteiger partial charge in [-0.25, -0.2) is 0 Å². The number of aliphatic hydroxyl groups is 2. The average molecular weight is 353 g/mol. The van der Waals surface area contributed by atoms with Gasteiger partial charge < -0.3 is 20.4 Å². The van der Waals surface area contributed by atoms with E-state index in [1.54, 1.807) is 6.92 Å². The highest BCUT2D eigenvalue weighted by Crippen LogP contribution is 2.26. The molecule has 0 bridgehead atoms. The molecule has 0 aromatic heterocycles. The number of nitriles is 1. The van der Waals surface area contributed by atoms with Crippen LogP contribution in [-0.2, 0) is 4.79 Å². The van der Waals surface area contributed by atoms with Crippen molar-refractivity contribution in [3.8, 4) is 6.07 Å². The van der Waals surface area contributed by atoms with Gasteiger partial charge in [0.05, 0.1) is 12.7 Å². The summed E-state index contributed by atoms with van der Waals surface area (Å²) < 4.78 is 0. The largest absolute Gasteiger partial charge is 0.394 e. The average Bonchev–Trinajstić information content (AvgIpc) is 2.65. The molecule has 0 spiro atoms. The van der Waals surface area contributed by atoms with Crippen LogP contribution >= 0.6 is 0 Å². The number of nitrogens with zero attached hydrogens (tertiary/aromatic N) is 2. The van der Waals surface area contributed by atoms with Gasteiger partial charge in [-0.05, 0) is 47.0 Å². The molecule has 0 fully saturated rings. The SMILES string of the molecule is CC(=C(C#N)C(=O)NCC(O)CO)c1ccc2cc(N(C)C)ccc2c1. The number of benzene rings is 2. The summed E-state index contributed by atoms with van der Waals surface area (Å²) >= 11 is 0. The zero-order chi connectivity index (χ0) is 19.3. The van der Waals surface area contributed by atoms with Crippen LogP contribution in [0.1, 0.15) is 12.5 Å². The van der Waals surface area contributed by atoms with Gasteiger partial charge in [0.1, 0.15) is 11.6 Å². The number of carbonyl (C=O) groups excluding carboxylic acids is 1. The maximum Gasteiger partial charge on any atom is 0.262 e. The molecule has 2 rings (SSSR count). The summed E-state index contributed by atoms with van der Waals surface area (Å²) in [4.78, 5) is 14.2. The molecular weight excluding hydrogens is 330 g/mol. The van der Waals surface area contributed by atoms with Crippen LogP contribution in [-0.4, -0.2) is 49.5 Å². The maximum absolute atomic E-state index is 12.2. The van der Waals surface area contributed by atoms with E-state index in [1.165, 1.54) is 0 Å². The number of fused-ring (bicyclic) bond motifs is 1. The van der Waals surface area contributed by atoms with Crippen molar-refractivity contribution in [3.63, 3.8) is 0 Å². The normalized spacial score (nSPS) is 12.9. The Labute approximate surface area is 153 Å². The highest BCUT2D eigenvalue weighted by Gasteiger charge is 2.15. The van der Waals surface area contributed by atoms with Crippen molar-refractivity contribution in [2.45, 2.75) is 13.0 Å². The highest BCUT2D eigenvalue weighted by molar-refractivity contribution is 6.05. The minimum Gasteiger partial charge on any atom is -0.394 e. The molecule has 26 heavy (non-hydrogen) atoms. The molecule has 0 saturated carbocycles. The number of nitrogens with one attached hydrogen (secondary N) is 1. The molecule has 0 radical (unpaired) electrons. The Balaban J connectivity index is 2.34. The lowest BCUT2D eigenvalue weighted by atomic mass is 9.98. The van der Waals surface area contributed by atoms with Gasteiger partial charge in [0.25, 0.3) is 5.91 Å². The molecule has 1 amide bonds. The molecular formula is C20H23N3O3. The highest BCUT2D eigenvalue weighted by atomic mass is 16.3. The third kappa shape index (κ3) is 4.39. The van der Waals surface area contributed by atoms with Crippen LogP contribution < -0.4 is 10.2 Å². The first kappa shape index (κ1) is 19.4. The monoisotopic (exact) mass is 353 g/mol. The summed E-state index contributed by atoms with van der Waals surface area (Å²) in [5.41, 5.74) is 2.42. The fourth-order valence-corrected chi connectivity index (χ4v) is 2.56. The van der Waals surface area contributed by atoms with Crippen molar-refractivity contribution in [1.29, 1.82) is 5.26 Å². The van der Waals surface area contributed by atoms with Gasteiger partial charge in [-0.3, -0.25) is 4.79 Å². The lowest BCUT2D eigenvalue weighted by Gasteiger charge is -2.14. The fraction of sp³-hybridized carbons (Fsp3) is 0.300. The molecule has 136 valence electrons. The topological polar surface area (TPSA) is 96.6 Å². The Morgan fingerprint density at radius 1 is 1.23 bits per heavy atom. The maximum atomic E-state index is 12.2. The third-order valence-electron chi connectivity index (χ3n) is 4.20. The van der Waals surface area contributed by atoms with Crippen molar-refractivity contribution < 1.29 is 15.0 Å². The predicted molar refractivity (Wildman–Crippen MR) is 103 cm³/mol. The van der Waals surface area contributed by atoms with Gasteiger partial charge in [-0.2, -0.15) is 5.26 Å². The summed E-state index contributed by atoms with van der Waals surface area (Å²) in [6.07, 6.45) is -1.05. The van der Waals surface area contributed by atoms with Gasteiger partial charge in [0, 0.05) is 26.3 Å². The van der Waals surface area contributed by atoms with Gasteiger partial charge >= 0.3 is 0 Å².